The summed E-state index contributed by atoms with van der Waals surface area (Å²) < 4.78 is 40.7. The van der Waals surface area contributed by atoms with Crippen molar-refractivity contribution in [3.05, 3.63) is 77.5 Å². The van der Waals surface area contributed by atoms with Crippen LogP contribution in [0.3, 0.4) is 0 Å². The highest BCUT2D eigenvalue weighted by atomic mass is 19.4. The van der Waals surface area contributed by atoms with E-state index in [1.807, 2.05) is 30.3 Å². The van der Waals surface area contributed by atoms with E-state index in [1.54, 1.807) is 6.07 Å². The lowest BCUT2D eigenvalue weighted by Crippen LogP contribution is -2.34. The van der Waals surface area contributed by atoms with Crippen molar-refractivity contribution in [2.24, 2.45) is 0 Å². The van der Waals surface area contributed by atoms with Gasteiger partial charge >= 0.3 is 6.36 Å². The largest absolute Gasteiger partial charge is 0.573 e. The van der Waals surface area contributed by atoms with E-state index in [0.717, 1.165) is 36.1 Å². The third-order valence-corrected chi connectivity index (χ3v) is 5.21. The maximum absolute atomic E-state index is 12.6. The first-order valence-corrected chi connectivity index (χ1v) is 9.64. The molecule has 6 nitrogen and oxygen atoms in total. The highest BCUT2D eigenvalue weighted by Crippen LogP contribution is 2.46. The summed E-state index contributed by atoms with van der Waals surface area (Å²) in [6.45, 7) is 0. The molecule has 1 saturated carbocycles. The smallest absolute Gasteiger partial charge is 0.406 e. The number of carbonyl (C=O) groups excluding carboxylic acids is 1. The van der Waals surface area contributed by atoms with Crippen LogP contribution in [0.5, 0.6) is 5.75 Å². The number of ether oxygens (including phenoxy) is 1. The first-order valence-electron chi connectivity index (χ1n) is 9.64. The van der Waals surface area contributed by atoms with Gasteiger partial charge in [-0.1, -0.05) is 24.3 Å². The molecule has 2 aromatic carbocycles. The minimum Gasteiger partial charge on any atom is -0.406 e. The summed E-state index contributed by atoms with van der Waals surface area (Å²) in [5, 5.41) is 11.9. The molecule has 0 bridgehead atoms. The number of anilines is 1. The molecule has 1 aliphatic carbocycles. The van der Waals surface area contributed by atoms with Crippen molar-refractivity contribution in [1.29, 1.82) is 5.26 Å². The van der Waals surface area contributed by atoms with Crippen LogP contribution in [0.1, 0.15) is 34.3 Å². The minimum atomic E-state index is -4.79. The third kappa shape index (κ3) is 4.49. The van der Waals surface area contributed by atoms with Crippen molar-refractivity contribution in [2.75, 3.05) is 5.73 Å². The van der Waals surface area contributed by atoms with Crippen LogP contribution in [-0.2, 0) is 5.54 Å². The number of halogens is 3. The summed E-state index contributed by atoms with van der Waals surface area (Å²) >= 11 is 0. The molecule has 1 heterocycles. The molecule has 0 unspecified atom stereocenters. The monoisotopic (exact) mass is 438 g/mol. The number of nitrogens with two attached hydrogens (primary N) is 1. The van der Waals surface area contributed by atoms with Gasteiger partial charge in [0, 0.05) is 17.3 Å². The Labute approximate surface area is 181 Å². The Morgan fingerprint density at radius 2 is 1.78 bits per heavy atom. The first kappa shape index (κ1) is 21.2. The number of alkyl halides is 3. The third-order valence-electron chi connectivity index (χ3n) is 5.21. The van der Waals surface area contributed by atoms with Crippen LogP contribution in [0.2, 0.25) is 0 Å². The van der Waals surface area contributed by atoms with E-state index in [9.17, 15) is 18.0 Å². The number of pyridine rings is 1. The highest BCUT2D eigenvalue weighted by molar-refractivity contribution is 5.95. The highest BCUT2D eigenvalue weighted by Gasteiger charge is 2.45. The van der Waals surface area contributed by atoms with Crippen LogP contribution in [0.25, 0.3) is 11.3 Å². The number of nitrogen functional groups attached to an aromatic ring is 1. The van der Waals surface area contributed by atoms with Crippen LogP contribution in [0.4, 0.5) is 18.9 Å². The fourth-order valence-electron chi connectivity index (χ4n) is 3.44. The van der Waals surface area contributed by atoms with E-state index in [1.165, 1.54) is 18.3 Å². The maximum atomic E-state index is 12.6. The topological polar surface area (TPSA) is 101 Å². The molecule has 1 amide bonds. The summed E-state index contributed by atoms with van der Waals surface area (Å²) in [4.78, 5) is 16.9. The van der Waals surface area contributed by atoms with Crippen molar-refractivity contribution in [3.63, 3.8) is 0 Å². The Hall–Kier alpha value is -4.06. The molecular weight excluding hydrogens is 421 g/mol. The van der Waals surface area contributed by atoms with Crippen molar-refractivity contribution in [3.8, 4) is 23.1 Å². The van der Waals surface area contributed by atoms with E-state index in [4.69, 9.17) is 11.0 Å². The predicted octanol–water partition coefficient (Wildman–Crippen LogP) is 4.52. The molecule has 1 fully saturated rings. The van der Waals surface area contributed by atoms with Gasteiger partial charge in [-0.05, 0) is 48.7 Å². The van der Waals surface area contributed by atoms with Gasteiger partial charge in [-0.15, -0.1) is 13.2 Å². The molecule has 0 spiro atoms. The normalized spacial score (nSPS) is 14.3. The summed E-state index contributed by atoms with van der Waals surface area (Å²) in [5.41, 5.74) is 8.71. The SMILES string of the molecule is N#Cc1cnc(-c2ccc(C3(NC(=O)c4ccc(OC(F)(F)F)cc4)CC3)cc2)c(N)c1. The lowest BCUT2D eigenvalue weighted by Gasteiger charge is -2.19. The number of aromatic nitrogens is 1. The average molecular weight is 438 g/mol. The molecule has 0 saturated heterocycles. The molecule has 3 N–H and O–H groups in total. The minimum absolute atomic E-state index is 0.233. The van der Waals surface area contributed by atoms with Crippen molar-refractivity contribution < 1.29 is 22.7 Å². The molecule has 9 heteroatoms. The zero-order chi connectivity index (χ0) is 22.9. The molecule has 0 atom stereocenters. The quantitative estimate of drug-likeness (QED) is 0.610. The van der Waals surface area contributed by atoms with Gasteiger partial charge in [0.15, 0.2) is 0 Å². The number of rotatable bonds is 5. The van der Waals surface area contributed by atoms with Crippen molar-refractivity contribution in [1.82, 2.24) is 10.3 Å². The average Bonchev–Trinajstić information content (AvgIpc) is 3.53. The number of nitrogens with zero attached hydrogens (tertiary/aromatic N) is 2. The summed E-state index contributed by atoms with van der Waals surface area (Å²) in [6, 6.07) is 15.8. The molecule has 0 aliphatic heterocycles. The first-order chi connectivity index (χ1) is 15.2. The van der Waals surface area contributed by atoms with Crippen LogP contribution >= 0.6 is 0 Å². The van der Waals surface area contributed by atoms with E-state index in [-0.39, 0.29) is 17.2 Å². The lowest BCUT2D eigenvalue weighted by atomic mass is 10.00. The van der Waals surface area contributed by atoms with Crippen LogP contribution in [0.15, 0.2) is 60.8 Å². The number of hydrogen-bond donors (Lipinski definition) is 2. The molecule has 3 aromatic rings. The number of carbonyl (C=O) groups is 1. The molecule has 1 aliphatic rings. The lowest BCUT2D eigenvalue weighted by molar-refractivity contribution is -0.274. The van der Waals surface area contributed by atoms with Gasteiger partial charge < -0.3 is 15.8 Å². The second-order valence-electron chi connectivity index (χ2n) is 7.46. The molecule has 1 aromatic heterocycles. The molecule has 162 valence electrons. The maximum Gasteiger partial charge on any atom is 0.573 e. The van der Waals surface area contributed by atoms with Gasteiger partial charge in [0.1, 0.15) is 11.8 Å². The Bertz CT molecular complexity index is 1200. The number of nitrogens with one attached hydrogen (secondary N) is 1. The Morgan fingerprint density at radius 3 is 2.31 bits per heavy atom. The Balaban J connectivity index is 1.47. The summed E-state index contributed by atoms with van der Waals surface area (Å²) in [6.07, 6.45) is -1.85. The van der Waals surface area contributed by atoms with E-state index in [0.29, 0.717) is 16.9 Å². The molecule has 4 rings (SSSR count). The fraction of sp³-hybridized carbons (Fsp3) is 0.174. The standard InChI is InChI=1S/C23H17F3N4O2/c24-23(25,26)32-18-7-3-16(4-8-18)21(31)30-22(9-10-22)17-5-1-15(2-6-17)20-19(28)11-14(12-27)13-29-20/h1-8,11,13H,9-10,28H2,(H,30,31). The molecule has 32 heavy (non-hydrogen) atoms. The fourth-order valence-corrected chi connectivity index (χ4v) is 3.44. The van der Waals surface area contributed by atoms with Gasteiger partial charge in [-0.3, -0.25) is 9.78 Å². The Kier molecular flexibility index (Phi) is 5.22. The van der Waals surface area contributed by atoms with Gasteiger partial charge in [0.2, 0.25) is 0 Å². The van der Waals surface area contributed by atoms with Gasteiger partial charge in [-0.2, -0.15) is 5.26 Å². The van der Waals surface area contributed by atoms with Gasteiger partial charge in [0.05, 0.1) is 22.5 Å². The number of nitriles is 1. The second kappa shape index (κ2) is 7.89. The van der Waals surface area contributed by atoms with Gasteiger partial charge in [-0.25, -0.2) is 0 Å². The Morgan fingerprint density at radius 1 is 1.12 bits per heavy atom. The molecular formula is C23H17F3N4O2. The predicted molar refractivity (Wildman–Crippen MR) is 110 cm³/mol. The van der Waals surface area contributed by atoms with E-state index in [2.05, 4.69) is 15.0 Å². The second-order valence-corrected chi connectivity index (χ2v) is 7.46. The zero-order valence-electron chi connectivity index (χ0n) is 16.6. The summed E-state index contributed by atoms with van der Waals surface area (Å²) in [7, 11) is 0. The van der Waals surface area contributed by atoms with Crippen LogP contribution < -0.4 is 15.8 Å². The zero-order valence-corrected chi connectivity index (χ0v) is 16.6. The van der Waals surface area contributed by atoms with Gasteiger partial charge in [0.25, 0.3) is 5.91 Å². The van der Waals surface area contributed by atoms with Crippen LogP contribution in [-0.4, -0.2) is 17.3 Å². The number of benzene rings is 2. The van der Waals surface area contributed by atoms with Crippen molar-refractivity contribution >= 4 is 11.6 Å². The van der Waals surface area contributed by atoms with Crippen LogP contribution in [0, 0.1) is 11.3 Å². The summed E-state index contributed by atoms with van der Waals surface area (Å²) in [5.74, 6) is -0.774. The van der Waals surface area contributed by atoms with Crippen molar-refractivity contribution in [2.45, 2.75) is 24.7 Å². The van der Waals surface area contributed by atoms with E-state index < -0.39 is 11.9 Å². The number of hydrogen-bond acceptors (Lipinski definition) is 5. The number of amides is 1. The van der Waals surface area contributed by atoms with E-state index >= 15 is 0 Å². The molecule has 0 radical (unpaired) electrons.